The van der Waals surface area contributed by atoms with Crippen LogP contribution in [0.1, 0.15) is 25.3 Å². The van der Waals surface area contributed by atoms with Gasteiger partial charge in [-0.3, -0.25) is 0 Å². The summed E-state index contributed by atoms with van der Waals surface area (Å²) in [5, 5.41) is 0. The number of aryl methyl sites for hydroxylation is 1. The number of hydrogen-bond acceptors (Lipinski definition) is 1. The molecule has 0 aliphatic rings. The maximum absolute atomic E-state index is 5.14. The van der Waals surface area contributed by atoms with E-state index in [0.29, 0.717) is 0 Å². The quantitative estimate of drug-likeness (QED) is 0.831. The SMILES string of the molecule is CCCCN.Cc1ccccc1.I. The number of unbranched alkanes of at least 4 members (excludes halogenated alkanes) is 1. The predicted octanol–water partition coefficient (Wildman–Crippen LogP) is 3.36. The van der Waals surface area contributed by atoms with E-state index in [4.69, 9.17) is 5.73 Å². The molecule has 0 fully saturated rings. The largest absolute Gasteiger partial charge is 0.330 e. The van der Waals surface area contributed by atoms with Crippen LogP contribution in [0.3, 0.4) is 0 Å². The molecular formula is C11H20IN. The van der Waals surface area contributed by atoms with Crippen LogP contribution in [0.2, 0.25) is 0 Å². The molecule has 0 bridgehead atoms. The summed E-state index contributed by atoms with van der Waals surface area (Å²) in [4.78, 5) is 0. The third-order valence-corrected chi connectivity index (χ3v) is 1.50. The van der Waals surface area contributed by atoms with Crippen LogP contribution in [0, 0.1) is 6.92 Å². The van der Waals surface area contributed by atoms with Gasteiger partial charge in [0.2, 0.25) is 0 Å². The van der Waals surface area contributed by atoms with Crippen molar-refractivity contribution in [3.8, 4) is 0 Å². The molecule has 0 saturated carbocycles. The molecule has 2 N–H and O–H groups in total. The average Bonchev–Trinajstić information content (AvgIpc) is 2.08. The van der Waals surface area contributed by atoms with Crippen LogP contribution in [0.15, 0.2) is 30.3 Å². The van der Waals surface area contributed by atoms with E-state index in [2.05, 4.69) is 26.0 Å². The molecule has 1 nitrogen and oxygen atoms in total. The maximum Gasteiger partial charge on any atom is -0.00774 e. The van der Waals surface area contributed by atoms with Gasteiger partial charge in [-0.05, 0) is 19.9 Å². The van der Waals surface area contributed by atoms with Crippen LogP contribution in [-0.4, -0.2) is 6.54 Å². The number of nitrogens with two attached hydrogens (primary N) is 1. The first-order valence-corrected chi connectivity index (χ1v) is 4.53. The van der Waals surface area contributed by atoms with Crippen LogP contribution < -0.4 is 5.73 Å². The summed E-state index contributed by atoms with van der Waals surface area (Å²) >= 11 is 0. The van der Waals surface area contributed by atoms with Crippen molar-refractivity contribution < 1.29 is 0 Å². The smallest absolute Gasteiger partial charge is 0.00774 e. The first-order chi connectivity index (χ1) is 5.81. The Morgan fingerprint density at radius 3 is 1.85 bits per heavy atom. The fourth-order valence-corrected chi connectivity index (χ4v) is 0.739. The average molecular weight is 293 g/mol. The van der Waals surface area contributed by atoms with Crippen molar-refractivity contribution in [1.82, 2.24) is 0 Å². The lowest BCUT2D eigenvalue weighted by atomic mass is 10.2. The summed E-state index contributed by atoms with van der Waals surface area (Å²) in [6, 6.07) is 10.3. The highest BCUT2D eigenvalue weighted by molar-refractivity contribution is 14.0. The van der Waals surface area contributed by atoms with Gasteiger partial charge in [0.1, 0.15) is 0 Å². The zero-order valence-electron chi connectivity index (χ0n) is 8.49. The van der Waals surface area contributed by atoms with Crippen molar-refractivity contribution in [2.24, 2.45) is 5.73 Å². The van der Waals surface area contributed by atoms with Crippen molar-refractivity contribution in [1.29, 1.82) is 0 Å². The molecule has 0 saturated heterocycles. The third-order valence-electron chi connectivity index (χ3n) is 1.50. The molecule has 0 radical (unpaired) electrons. The Labute approximate surface area is 98.7 Å². The van der Waals surface area contributed by atoms with Gasteiger partial charge in [-0.1, -0.05) is 49.2 Å². The zero-order chi connectivity index (χ0) is 9.23. The third kappa shape index (κ3) is 11.9. The van der Waals surface area contributed by atoms with Crippen LogP contribution in [-0.2, 0) is 0 Å². The van der Waals surface area contributed by atoms with Crippen LogP contribution in [0.4, 0.5) is 0 Å². The molecule has 1 rings (SSSR count). The highest BCUT2D eigenvalue weighted by atomic mass is 127. The first-order valence-electron chi connectivity index (χ1n) is 4.53. The fraction of sp³-hybridized carbons (Fsp3) is 0.455. The molecule has 0 spiro atoms. The molecule has 1 aromatic carbocycles. The summed E-state index contributed by atoms with van der Waals surface area (Å²) in [6.07, 6.45) is 2.39. The summed E-state index contributed by atoms with van der Waals surface area (Å²) in [7, 11) is 0. The molecule has 0 aromatic heterocycles. The summed E-state index contributed by atoms with van der Waals surface area (Å²) in [5.41, 5.74) is 6.46. The van der Waals surface area contributed by atoms with Crippen LogP contribution in [0.5, 0.6) is 0 Å². The van der Waals surface area contributed by atoms with E-state index in [1.54, 1.807) is 0 Å². The van der Waals surface area contributed by atoms with Gasteiger partial charge >= 0.3 is 0 Å². The van der Waals surface area contributed by atoms with Crippen LogP contribution in [0.25, 0.3) is 0 Å². The highest BCUT2D eigenvalue weighted by Crippen LogP contribution is 1.92. The van der Waals surface area contributed by atoms with Gasteiger partial charge in [0, 0.05) is 0 Å². The Morgan fingerprint density at radius 1 is 1.15 bits per heavy atom. The second-order valence-electron chi connectivity index (χ2n) is 2.80. The van der Waals surface area contributed by atoms with Crippen molar-refractivity contribution in [3.63, 3.8) is 0 Å². The minimum atomic E-state index is 0. The van der Waals surface area contributed by atoms with Crippen molar-refractivity contribution in [2.45, 2.75) is 26.7 Å². The van der Waals surface area contributed by atoms with Crippen molar-refractivity contribution in [2.75, 3.05) is 6.54 Å². The minimum Gasteiger partial charge on any atom is -0.330 e. The van der Waals surface area contributed by atoms with Gasteiger partial charge in [0.05, 0.1) is 0 Å². The van der Waals surface area contributed by atoms with E-state index in [9.17, 15) is 0 Å². The standard InChI is InChI=1S/C7H8.C4H11N.HI/c1-7-5-3-2-4-6-7;1-2-3-4-5;/h2-6H,1H3;2-5H2,1H3;1H. The molecule has 0 aliphatic heterocycles. The van der Waals surface area contributed by atoms with Gasteiger partial charge in [0.25, 0.3) is 0 Å². The second-order valence-corrected chi connectivity index (χ2v) is 2.80. The summed E-state index contributed by atoms with van der Waals surface area (Å²) < 4.78 is 0. The lowest BCUT2D eigenvalue weighted by Gasteiger charge is -1.82. The number of hydrogen-bond donors (Lipinski definition) is 1. The molecule has 0 atom stereocenters. The van der Waals surface area contributed by atoms with Crippen molar-refractivity contribution in [3.05, 3.63) is 35.9 Å². The van der Waals surface area contributed by atoms with Gasteiger partial charge in [0.15, 0.2) is 0 Å². The maximum atomic E-state index is 5.14. The summed E-state index contributed by atoms with van der Waals surface area (Å²) in [5.74, 6) is 0. The summed E-state index contributed by atoms with van der Waals surface area (Å²) in [6.45, 7) is 5.06. The van der Waals surface area contributed by atoms with Gasteiger partial charge in [-0.15, -0.1) is 24.0 Å². The molecule has 76 valence electrons. The Bertz CT molecular complexity index is 173. The predicted molar refractivity (Wildman–Crippen MR) is 70.6 cm³/mol. The number of rotatable bonds is 2. The first kappa shape index (κ1) is 15.4. The lowest BCUT2D eigenvalue weighted by Crippen LogP contribution is -1.95. The van der Waals surface area contributed by atoms with E-state index in [-0.39, 0.29) is 24.0 Å². The molecule has 1 aromatic rings. The zero-order valence-corrected chi connectivity index (χ0v) is 10.8. The van der Waals surface area contributed by atoms with E-state index < -0.39 is 0 Å². The van der Waals surface area contributed by atoms with Gasteiger partial charge in [-0.25, -0.2) is 0 Å². The Balaban J connectivity index is 0. The Hall–Kier alpha value is -0.0900. The van der Waals surface area contributed by atoms with E-state index in [0.717, 1.165) is 6.54 Å². The van der Waals surface area contributed by atoms with E-state index in [1.807, 2.05) is 18.2 Å². The normalized spacial score (nSPS) is 7.92. The lowest BCUT2D eigenvalue weighted by molar-refractivity contribution is 0.807. The fourth-order valence-electron chi connectivity index (χ4n) is 0.739. The van der Waals surface area contributed by atoms with E-state index in [1.165, 1.54) is 18.4 Å². The second kappa shape index (κ2) is 11.9. The van der Waals surface area contributed by atoms with Gasteiger partial charge < -0.3 is 5.73 Å². The molecule has 0 amide bonds. The Kier molecular flexibility index (Phi) is 14.1. The van der Waals surface area contributed by atoms with E-state index >= 15 is 0 Å². The molecule has 2 heteroatoms. The van der Waals surface area contributed by atoms with Crippen molar-refractivity contribution >= 4 is 24.0 Å². The number of halogens is 1. The topological polar surface area (TPSA) is 26.0 Å². The van der Waals surface area contributed by atoms with Gasteiger partial charge in [-0.2, -0.15) is 0 Å². The van der Waals surface area contributed by atoms with Crippen LogP contribution >= 0.6 is 24.0 Å². The molecule has 0 unspecified atom stereocenters. The monoisotopic (exact) mass is 293 g/mol. The Morgan fingerprint density at radius 2 is 1.69 bits per heavy atom. The molecule has 0 heterocycles. The highest BCUT2D eigenvalue weighted by Gasteiger charge is 1.72. The molecular weight excluding hydrogens is 273 g/mol. The molecule has 13 heavy (non-hydrogen) atoms. The minimum absolute atomic E-state index is 0. The number of benzene rings is 1. The molecule has 0 aliphatic carbocycles.